The Balaban J connectivity index is 2.26. The summed E-state index contributed by atoms with van der Waals surface area (Å²) in [6, 6.07) is 3.94. The maximum atomic E-state index is 12.0. The van der Waals surface area contributed by atoms with Crippen LogP contribution in [0.25, 0.3) is 0 Å². The molecule has 98 valence electrons. The average Bonchev–Trinajstić information content (AvgIpc) is 2.63. The Kier molecular flexibility index (Phi) is 3.68. The summed E-state index contributed by atoms with van der Waals surface area (Å²) in [7, 11) is 1.66. The molecule has 0 fully saturated rings. The number of carbonyl (C=O) groups excluding carboxylic acids is 1. The van der Waals surface area contributed by atoms with E-state index >= 15 is 0 Å². The Morgan fingerprint density at radius 3 is 2.83 bits per heavy atom. The van der Waals surface area contributed by atoms with Crippen LogP contribution in [0.2, 0.25) is 0 Å². The number of fused-ring (bicyclic) bond motifs is 1. The van der Waals surface area contributed by atoms with Crippen molar-refractivity contribution in [2.45, 2.75) is 32.9 Å². The van der Waals surface area contributed by atoms with Gasteiger partial charge < -0.3 is 10.1 Å². The molecular formula is C14H20N2O2. The van der Waals surface area contributed by atoms with Gasteiger partial charge in [-0.15, -0.1) is 0 Å². The molecule has 1 aromatic rings. The maximum Gasteiger partial charge on any atom is 0.246 e. The Labute approximate surface area is 108 Å². The first-order chi connectivity index (χ1) is 8.54. The van der Waals surface area contributed by atoms with Crippen LogP contribution in [0.4, 0.5) is 5.69 Å². The first-order valence-electron chi connectivity index (χ1n) is 6.20. The van der Waals surface area contributed by atoms with E-state index in [9.17, 15) is 4.79 Å². The van der Waals surface area contributed by atoms with Gasteiger partial charge in [-0.3, -0.25) is 10.1 Å². The van der Waals surface area contributed by atoms with Crippen LogP contribution in [0.15, 0.2) is 12.1 Å². The van der Waals surface area contributed by atoms with Crippen LogP contribution < -0.4 is 10.6 Å². The van der Waals surface area contributed by atoms with Crippen LogP contribution in [0.5, 0.6) is 0 Å². The number of methoxy groups -OCH3 is 1. The molecule has 2 N–H and O–H groups in total. The number of amides is 1. The summed E-state index contributed by atoms with van der Waals surface area (Å²) >= 11 is 0. The van der Waals surface area contributed by atoms with Gasteiger partial charge in [0.1, 0.15) is 6.04 Å². The summed E-state index contributed by atoms with van der Waals surface area (Å²) in [5.41, 5.74) is 4.33. The number of carbonyl (C=O) groups is 1. The second kappa shape index (κ2) is 5.08. The standard InChI is InChI=1S/C14H20N2O2/c1-8-5-6-11-12(10(8)3)16-14(17)13(11)15-9(2)7-18-4/h5-6,9,13,15H,7H2,1-4H3,(H,16,17). The minimum atomic E-state index is -0.274. The van der Waals surface area contributed by atoms with Crippen molar-refractivity contribution in [1.82, 2.24) is 5.32 Å². The number of ether oxygens (including phenoxy) is 1. The largest absolute Gasteiger partial charge is 0.383 e. The third kappa shape index (κ3) is 2.26. The summed E-state index contributed by atoms with van der Waals surface area (Å²) < 4.78 is 5.09. The van der Waals surface area contributed by atoms with E-state index in [-0.39, 0.29) is 18.0 Å². The smallest absolute Gasteiger partial charge is 0.246 e. The van der Waals surface area contributed by atoms with Crippen molar-refractivity contribution in [1.29, 1.82) is 0 Å². The van der Waals surface area contributed by atoms with Gasteiger partial charge in [-0.1, -0.05) is 12.1 Å². The van der Waals surface area contributed by atoms with Crippen LogP contribution in [0, 0.1) is 13.8 Å². The molecule has 4 nitrogen and oxygen atoms in total. The Morgan fingerprint density at radius 2 is 2.17 bits per heavy atom. The number of hydrogen-bond donors (Lipinski definition) is 2. The Morgan fingerprint density at radius 1 is 1.44 bits per heavy atom. The fourth-order valence-corrected chi connectivity index (χ4v) is 2.33. The summed E-state index contributed by atoms with van der Waals surface area (Å²) in [5.74, 6) is 0.0154. The fraction of sp³-hybridized carbons (Fsp3) is 0.500. The molecule has 18 heavy (non-hydrogen) atoms. The lowest BCUT2D eigenvalue weighted by Gasteiger charge is -2.18. The van der Waals surface area contributed by atoms with Crippen molar-refractivity contribution < 1.29 is 9.53 Å². The van der Waals surface area contributed by atoms with Gasteiger partial charge in [0.15, 0.2) is 0 Å². The average molecular weight is 248 g/mol. The molecule has 0 saturated heterocycles. The van der Waals surface area contributed by atoms with E-state index in [0.29, 0.717) is 6.61 Å². The van der Waals surface area contributed by atoms with Crippen molar-refractivity contribution in [2.75, 3.05) is 19.0 Å². The van der Waals surface area contributed by atoms with Crippen LogP contribution >= 0.6 is 0 Å². The Hall–Kier alpha value is -1.39. The monoisotopic (exact) mass is 248 g/mol. The molecule has 4 heteroatoms. The van der Waals surface area contributed by atoms with Gasteiger partial charge in [0.25, 0.3) is 0 Å². The van der Waals surface area contributed by atoms with Crippen LogP contribution in [0.3, 0.4) is 0 Å². The van der Waals surface area contributed by atoms with E-state index in [0.717, 1.165) is 16.8 Å². The van der Waals surface area contributed by atoms with E-state index in [1.165, 1.54) is 5.56 Å². The quantitative estimate of drug-likeness (QED) is 0.856. The third-order valence-electron chi connectivity index (χ3n) is 3.46. The number of aryl methyl sites for hydroxylation is 1. The fourth-order valence-electron chi connectivity index (χ4n) is 2.33. The van der Waals surface area contributed by atoms with Crippen LogP contribution in [0.1, 0.15) is 29.7 Å². The summed E-state index contributed by atoms with van der Waals surface area (Å²) in [6.45, 7) is 6.69. The topological polar surface area (TPSA) is 50.4 Å². The molecule has 0 saturated carbocycles. The molecule has 1 amide bonds. The summed E-state index contributed by atoms with van der Waals surface area (Å²) in [6.07, 6.45) is 0. The third-order valence-corrected chi connectivity index (χ3v) is 3.46. The lowest BCUT2D eigenvalue weighted by Crippen LogP contribution is -2.37. The second-order valence-electron chi connectivity index (χ2n) is 4.92. The number of nitrogens with one attached hydrogen (secondary N) is 2. The van der Waals surface area contributed by atoms with Gasteiger partial charge >= 0.3 is 0 Å². The van der Waals surface area contributed by atoms with Crippen molar-refractivity contribution in [3.63, 3.8) is 0 Å². The molecule has 2 atom stereocenters. The lowest BCUT2D eigenvalue weighted by atomic mass is 10.0. The molecule has 0 bridgehead atoms. The molecule has 0 aromatic heterocycles. The molecule has 2 unspecified atom stereocenters. The van der Waals surface area contributed by atoms with Crippen molar-refractivity contribution in [3.05, 3.63) is 28.8 Å². The molecule has 1 aliphatic rings. The molecule has 1 heterocycles. The van der Waals surface area contributed by atoms with Gasteiger partial charge in [-0.05, 0) is 31.9 Å². The summed E-state index contributed by atoms with van der Waals surface area (Å²) in [4.78, 5) is 12.0. The highest BCUT2D eigenvalue weighted by molar-refractivity contribution is 6.03. The predicted octanol–water partition coefficient (Wildman–Crippen LogP) is 1.92. The molecule has 1 aromatic carbocycles. The maximum absolute atomic E-state index is 12.0. The molecule has 0 aliphatic carbocycles. The first kappa shape index (κ1) is 13.1. The van der Waals surface area contributed by atoms with Gasteiger partial charge in [0.2, 0.25) is 5.91 Å². The highest BCUT2D eigenvalue weighted by Crippen LogP contribution is 2.35. The minimum absolute atomic E-state index is 0.0154. The SMILES string of the molecule is COCC(C)NC1C(=O)Nc2c1ccc(C)c2C. The first-order valence-corrected chi connectivity index (χ1v) is 6.20. The van der Waals surface area contributed by atoms with Gasteiger partial charge in [-0.2, -0.15) is 0 Å². The zero-order valence-corrected chi connectivity index (χ0v) is 11.3. The van der Waals surface area contributed by atoms with Gasteiger partial charge in [0, 0.05) is 24.4 Å². The van der Waals surface area contributed by atoms with E-state index in [4.69, 9.17) is 4.74 Å². The Bertz CT molecular complexity index is 471. The number of anilines is 1. The molecule has 2 rings (SSSR count). The predicted molar refractivity (Wildman–Crippen MR) is 71.8 cm³/mol. The van der Waals surface area contributed by atoms with Crippen LogP contribution in [-0.2, 0) is 9.53 Å². The van der Waals surface area contributed by atoms with E-state index in [2.05, 4.69) is 23.6 Å². The minimum Gasteiger partial charge on any atom is -0.383 e. The normalized spacial score (nSPS) is 19.6. The summed E-state index contributed by atoms with van der Waals surface area (Å²) in [5, 5.41) is 6.26. The molecule has 1 aliphatic heterocycles. The number of benzene rings is 1. The van der Waals surface area contributed by atoms with Gasteiger partial charge in [0.05, 0.1) is 6.61 Å². The molecule has 0 radical (unpaired) electrons. The van der Waals surface area contributed by atoms with Gasteiger partial charge in [-0.25, -0.2) is 0 Å². The highest BCUT2D eigenvalue weighted by Gasteiger charge is 2.32. The van der Waals surface area contributed by atoms with Crippen molar-refractivity contribution in [2.24, 2.45) is 0 Å². The molecular weight excluding hydrogens is 228 g/mol. The molecule has 0 spiro atoms. The van der Waals surface area contributed by atoms with E-state index in [1.807, 2.05) is 19.9 Å². The zero-order valence-electron chi connectivity index (χ0n) is 11.3. The van der Waals surface area contributed by atoms with Crippen molar-refractivity contribution >= 4 is 11.6 Å². The highest BCUT2D eigenvalue weighted by atomic mass is 16.5. The van der Waals surface area contributed by atoms with Crippen LogP contribution in [-0.4, -0.2) is 25.7 Å². The zero-order chi connectivity index (χ0) is 13.3. The van der Waals surface area contributed by atoms with E-state index in [1.54, 1.807) is 7.11 Å². The van der Waals surface area contributed by atoms with E-state index < -0.39 is 0 Å². The lowest BCUT2D eigenvalue weighted by molar-refractivity contribution is -0.117. The second-order valence-corrected chi connectivity index (χ2v) is 4.92. The number of rotatable bonds is 4. The number of hydrogen-bond acceptors (Lipinski definition) is 3. The van der Waals surface area contributed by atoms with Crippen molar-refractivity contribution in [3.8, 4) is 0 Å².